The van der Waals surface area contributed by atoms with Crippen LogP contribution in [0.4, 0.5) is 0 Å². The maximum Gasteiger partial charge on any atom is 0.114 e. The van der Waals surface area contributed by atoms with Crippen molar-refractivity contribution in [2.24, 2.45) is 12.8 Å². The first-order chi connectivity index (χ1) is 8.66. The van der Waals surface area contributed by atoms with Gasteiger partial charge in [0.05, 0.1) is 11.0 Å². The summed E-state index contributed by atoms with van der Waals surface area (Å²) in [7, 11) is 2.10. The lowest BCUT2D eigenvalue weighted by Crippen LogP contribution is -2.32. The van der Waals surface area contributed by atoms with E-state index in [9.17, 15) is 0 Å². The molecule has 0 spiro atoms. The number of nitrogens with zero attached hydrogens (tertiary/aromatic N) is 2. The van der Waals surface area contributed by atoms with Crippen LogP contribution in [-0.4, -0.2) is 15.6 Å². The standard InChI is InChI=1S/C14H18BrN3/c1-18-13-7-6-9(15)8-12(13)17-14(18)10-4-2-3-5-11(10)16/h6-8,10-11H,2-5,16H2,1H3. The minimum atomic E-state index is 0.262. The van der Waals surface area contributed by atoms with Crippen molar-refractivity contribution in [3.05, 3.63) is 28.5 Å². The number of fused-ring (bicyclic) bond motifs is 1. The molecule has 0 amide bonds. The smallest absolute Gasteiger partial charge is 0.114 e. The van der Waals surface area contributed by atoms with Gasteiger partial charge in [0.2, 0.25) is 0 Å². The second kappa shape index (κ2) is 4.67. The Bertz CT molecular complexity index is 576. The third kappa shape index (κ3) is 1.97. The van der Waals surface area contributed by atoms with Crippen LogP contribution in [0.3, 0.4) is 0 Å². The molecule has 18 heavy (non-hydrogen) atoms. The lowest BCUT2D eigenvalue weighted by molar-refractivity contribution is 0.368. The quantitative estimate of drug-likeness (QED) is 0.878. The number of aromatic nitrogens is 2. The maximum absolute atomic E-state index is 6.27. The molecule has 2 atom stereocenters. The molecule has 96 valence electrons. The molecule has 2 N–H and O–H groups in total. The molecule has 1 heterocycles. The van der Waals surface area contributed by atoms with Crippen LogP contribution in [0.1, 0.15) is 37.4 Å². The van der Waals surface area contributed by atoms with Crippen molar-refractivity contribution in [3.63, 3.8) is 0 Å². The van der Waals surface area contributed by atoms with Crippen LogP contribution in [0.25, 0.3) is 11.0 Å². The monoisotopic (exact) mass is 307 g/mol. The lowest BCUT2D eigenvalue weighted by atomic mass is 9.84. The molecular weight excluding hydrogens is 290 g/mol. The Balaban J connectivity index is 2.08. The van der Waals surface area contributed by atoms with E-state index in [1.165, 1.54) is 24.8 Å². The van der Waals surface area contributed by atoms with Gasteiger partial charge in [-0.25, -0.2) is 4.98 Å². The maximum atomic E-state index is 6.27. The number of benzene rings is 1. The van der Waals surface area contributed by atoms with Crippen molar-refractivity contribution >= 4 is 27.0 Å². The highest BCUT2D eigenvalue weighted by Gasteiger charge is 2.27. The number of rotatable bonds is 1. The first-order valence-electron chi connectivity index (χ1n) is 6.54. The molecule has 2 aromatic rings. The van der Waals surface area contributed by atoms with Gasteiger partial charge in [-0.1, -0.05) is 28.8 Å². The summed E-state index contributed by atoms with van der Waals surface area (Å²) in [6, 6.07) is 6.52. The molecule has 1 aliphatic carbocycles. The summed E-state index contributed by atoms with van der Waals surface area (Å²) in [5.74, 6) is 1.56. The number of aryl methyl sites for hydroxylation is 1. The molecule has 1 aliphatic rings. The van der Waals surface area contributed by atoms with Gasteiger partial charge in [-0.05, 0) is 31.0 Å². The van der Waals surface area contributed by atoms with Crippen LogP contribution in [0.5, 0.6) is 0 Å². The van der Waals surface area contributed by atoms with E-state index in [4.69, 9.17) is 10.7 Å². The van der Waals surface area contributed by atoms with E-state index in [-0.39, 0.29) is 6.04 Å². The van der Waals surface area contributed by atoms with Crippen molar-refractivity contribution in [3.8, 4) is 0 Å². The first-order valence-corrected chi connectivity index (χ1v) is 7.33. The summed E-state index contributed by atoms with van der Waals surface area (Å²) in [5.41, 5.74) is 8.51. The Labute approximate surface area is 116 Å². The SMILES string of the molecule is Cn1c(C2CCCCC2N)nc2cc(Br)ccc21. The van der Waals surface area contributed by atoms with Crippen LogP contribution in [0.2, 0.25) is 0 Å². The first kappa shape index (κ1) is 12.2. The fourth-order valence-electron chi connectivity index (χ4n) is 3.00. The van der Waals surface area contributed by atoms with Crippen LogP contribution < -0.4 is 5.73 Å². The van der Waals surface area contributed by atoms with Crippen LogP contribution in [0, 0.1) is 0 Å². The molecule has 2 unspecified atom stereocenters. The Hall–Kier alpha value is -0.870. The highest BCUT2D eigenvalue weighted by atomic mass is 79.9. The summed E-state index contributed by atoms with van der Waals surface area (Å²) in [6.07, 6.45) is 4.81. The van der Waals surface area contributed by atoms with Crippen molar-refractivity contribution in [1.82, 2.24) is 9.55 Å². The predicted molar refractivity (Wildman–Crippen MR) is 77.6 cm³/mol. The second-order valence-corrected chi connectivity index (χ2v) is 6.13. The zero-order chi connectivity index (χ0) is 12.7. The van der Waals surface area contributed by atoms with Gasteiger partial charge in [-0.15, -0.1) is 0 Å². The van der Waals surface area contributed by atoms with Crippen LogP contribution in [0.15, 0.2) is 22.7 Å². The third-order valence-electron chi connectivity index (χ3n) is 4.03. The number of halogens is 1. The van der Waals surface area contributed by atoms with Gasteiger partial charge < -0.3 is 10.3 Å². The third-order valence-corrected chi connectivity index (χ3v) is 4.52. The van der Waals surface area contributed by atoms with E-state index in [1.54, 1.807) is 0 Å². The number of hydrogen-bond donors (Lipinski definition) is 1. The Morgan fingerprint density at radius 3 is 2.89 bits per heavy atom. The summed E-state index contributed by atoms with van der Waals surface area (Å²) in [5, 5.41) is 0. The average molecular weight is 308 g/mol. The normalized spacial score (nSPS) is 24.6. The van der Waals surface area contributed by atoms with Crippen molar-refractivity contribution in [1.29, 1.82) is 0 Å². The van der Waals surface area contributed by atoms with E-state index >= 15 is 0 Å². The fourth-order valence-corrected chi connectivity index (χ4v) is 3.35. The topological polar surface area (TPSA) is 43.8 Å². The predicted octanol–water partition coefficient (Wildman–Crippen LogP) is 3.32. The van der Waals surface area contributed by atoms with Crippen LogP contribution in [-0.2, 0) is 7.05 Å². The molecule has 0 bridgehead atoms. The Morgan fingerprint density at radius 1 is 1.33 bits per heavy atom. The molecule has 1 aromatic heterocycles. The van der Waals surface area contributed by atoms with E-state index < -0.39 is 0 Å². The van der Waals surface area contributed by atoms with Gasteiger partial charge in [-0.3, -0.25) is 0 Å². The molecule has 1 aromatic carbocycles. The summed E-state index contributed by atoms with van der Waals surface area (Å²) >= 11 is 3.50. The highest BCUT2D eigenvalue weighted by Crippen LogP contribution is 2.33. The molecule has 3 nitrogen and oxygen atoms in total. The summed E-state index contributed by atoms with van der Waals surface area (Å²) < 4.78 is 3.28. The van der Waals surface area contributed by atoms with Gasteiger partial charge in [0, 0.05) is 23.5 Å². The van der Waals surface area contributed by atoms with Gasteiger partial charge in [0.25, 0.3) is 0 Å². The molecule has 1 fully saturated rings. The lowest BCUT2D eigenvalue weighted by Gasteiger charge is -2.27. The zero-order valence-electron chi connectivity index (χ0n) is 10.6. The van der Waals surface area contributed by atoms with Crippen LogP contribution >= 0.6 is 15.9 Å². The van der Waals surface area contributed by atoms with Crippen molar-refractivity contribution in [2.45, 2.75) is 37.6 Å². The van der Waals surface area contributed by atoms with E-state index in [0.717, 1.165) is 22.2 Å². The van der Waals surface area contributed by atoms with Gasteiger partial charge >= 0.3 is 0 Å². The van der Waals surface area contributed by atoms with E-state index in [0.29, 0.717) is 5.92 Å². The van der Waals surface area contributed by atoms with Crippen molar-refractivity contribution in [2.75, 3.05) is 0 Å². The molecular formula is C14H18BrN3. The Kier molecular flexibility index (Phi) is 3.16. The van der Waals surface area contributed by atoms with E-state index in [2.05, 4.69) is 45.7 Å². The number of nitrogens with two attached hydrogens (primary N) is 1. The summed E-state index contributed by atoms with van der Waals surface area (Å²) in [6.45, 7) is 0. The van der Waals surface area contributed by atoms with Gasteiger partial charge in [-0.2, -0.15) is 0 Å². The minimum Gasteiger partial charge on any atom is -0.331 e. The zero-order valence-corrected chi connectivity index (χ0v) is 12.2. The molecule has 0 saturated heterocycles. The van der Waals surface area contributed by atoms with Crippen molar-refractivity contribution < 1.29 is 0 Å². The minimum absolute atomic E-state index is 0.262. The van der Waals surface area contributed by atoms with Gasteiger partial charge in [0.15, 0.2) is 0 Å². The largest absolute Gasteiger partial charge is 0.331 e. The molecule has 3 rings (SSSR count). The highest BCUT2D eigenvalue weighted by molar-refractivity contribution is 9.10. The molecule has 0 aliphatic heterocycles. The summed E-state index contributed by atoms with van der Waals surface area (Å²) in [4.78, 5) is 4.80. The van der Waals surface area contributed by atoms with Gasteiger partial charge in [0.1, 0.15) is 5.82 Å². The molecule has 1 saturated carbocycles. The molecule has 4 heteroatoms. The second-order valence-electron chi connectivity index (χ2n) is 5.22. The fraction of sp³-hybridized carbons (Fsp3) is 0.500. The van der Waals surface area contributed by atoms with E-state index in [1.807, 2.05) is 0 Å². The number of hydrogen-bond acceptors (Lipinski definition) is 2. The Morgan fingerprint density at radius 2 is 2.11 bits per heavy atom. The average Bonchev–Trinajstić information content (AvgIpc) is 2.67. The number of imidazole rings is 1. The molecule has 0 radical (unpaired) electrons.